The third-order valence-electron chi connectivity index (χ3n) is 2.08. The average molecular weight is 249 g/mol. The van der Waals surface area contributed by atoms with Crippen LogP contribution >= 0.6 is 0 Å². The molecule has 3 N–H and O–H groups in total. The van der Waals surface area contributed by atoms with E-state index in [-0.39, 0.29) is 19.8 Å². The van der Waals surface area contributed by atoms with Crippen molar-refractivity contribution in [2.75, 3.05) is 52.7 Å². The van der Waals surface area contributed by atoms with E-state index >= 15 is 0 Å². The summed E-state index contributed by atoms with van der Waals surface area (Å²) in [7, 11) is 0. The zero-order chi connectivity index (χ0) is 12.9. The van der Waals surface area contributed by atoms with Crippen molar-refractivity contribution in [3.05, 3.63) is 12.8 Å². The van der Waals surface area contributed by atoms with Gasteiger partial charge in [0.05, 0.1) is 38.8 Å². The Labute approximate surface area is 102 Å². The van der Waals surface area contributed by atoms with Crippen LogP contribution in [0.1, 0.15) is 0 Å². The second kappa shape index (κ2) is 11.8. The van der Waals surface area contributed by atoms with Crippen LogP contribution in [-0.2, 0) is 9.47 Å². The Morgan fingerprint density at radius 3 is 2.35 bits per heavy atom. The van der Waals surface area contributed by atoms with Crippen molar-refractivity contribution in [2.24, 2.45) is 0 Å². The van der Waals surface area contributed by atoms with Crippen LogP contribution in [0.2, 0.25) is 0 Å². The summed E-state index contributed by atoms with van der Waals surface area (Å²) in [5.74, 6) is 0. The molecule has 0 amide bonds. The van der Waals surface area contributed by atoms with Crippen LogP contribution in [0.3, 0.4) is 0 Å². The van der Waals surface area contributed by atoms with E-state index in [9.17, 15) is 5.11 Å². The van der Waals surface area contributed by atoms with Gasteiger partial charge in [0.25, 0.3) is 0 Å². The summed E-state index contributed by atoms with van der Waals surface area (Å²) in [4.78, 5) is 1.77. The predicted octanol–water partition coefficient (Wildman–Crippen LogP) is -1.19. The number of hydrogen-bond acceptors (Lipinski definition) is 6. The smallest absolute Gasteiger partial charge is 0.111 e. The van der Waals surface area contributed by atoms with Crippen molar-refractivity contribution >= 4 is 0 Å². The molecule has 1 atom stereocenters. The van der Waals surface area contributed by atoms with E-state index in [1.54, 1.807) is 4.90 Å². The van der Waals surface area contributed by atoms with Gasteiger partial charge < -0.3 is 24.8 Å². The highest BCUT2D eigenvalue weighted by Crippen LogP contribution is 1.94. The lowest BCUT2D eigenvalue weighted by Crippen LogP contribution is -2.38. The molecule has 0 saturated carbocycles. The molecule has 0 saturated heterocycles. The van der Waals surface area contributed by atoms with E-state index in [1.165, 1.54) is 6.26 Å². The van der Waals surface area contributed by atoms with Crippen LogP contribution < -0.4 is 0 Å². The molecule has 0 aliphatic heterocycles. The highest BCUT2D eigenvalue weighted by Gasteiger charge is 2.10. The fourth-order valence-corrected chi connectivity index (χ4v) is 1.34. The molecule has 0 spiro atoms. The fraction of sp³-hybridized carbons (Fsp3) is 0.818. The third-order valence-corrected chi connectivity index (χ3v) is 2.08. The Balaban J connectivity index is 3.58. The molecule has 0 aliphatic carbocycles. The molecule has 17 heavy (non-hydrogen) atoms. The van der Waals surface area contributed by atoms with Crippen molar-refractivity contribution in [1.82, 2.24) is 4.90 Å². The molecule has 0 aromatic rings. The largest absolute Gasteiger partial charge is 0.499 e. The van der Waals surface area contributed by atoms with E-state index in [2.05, 4.69) is 6.58 Å². The van der Waals surface area contributed by atoms with Gasteiger partial charge in [-0.3, -0.25) is 4.90 Å². The first-order valence-electron chi connectivity index (χ1n) is 5.67. The normalized spacial score (nSPS) is 12.7. The summed E-state index contributed by atoms with van der Waals surface area (Å²) in [6.45, 7) is 5.62. The first-order valence-corrected chi connectivity index (χ1v) is 5.67. The second-order valence-electron chi connectivity index (χ2n) is 3.51. The Morgan fingerprint density at radius 1 is 1.18 bits per heavy atom. The molecule has 0 heterocycles. The molecule has 6 nitrogen and oxygen atoms in total. The van der Waals surface area contributed by atoms with Crippen LogP contribution in [0.4, 0.5) is 0 Å². The van der Waals surface area contributed by atoms with Gasteiger partial charge in [0.2, 0.25) is 0 Å². The number of hydrogen-bond donors (Lipinski definition) is 3. The average Bonchev–Trinajstić information content (AvgIpc) is 2.29. The summed E-state index contributed by atoms with van der Waals surface area (Å²) in [6, 6.07) is 0. The summed E-state index contributed by atoms with van der Waals surface area (Å²) < 4.78 is 10.0. The minimum absolute atomic E-state index is 0.000746. The molecule has 6 heteroatoms. The van der Waals surface area contributed by atoms with Crippen LogP contribution in [0, 0.1) is 0 Å². The van der Waals surface area contributed by atoms with Gasteiger partial charge >= 0.3 is 0 Å². The van der Waals surface area contributed by atoms with Gasteiger partial charge in [-0.2, -0.15) is 0 Å². The van der Waals surface area contributed by atoms with E-state index < -0.39 is 6.10 Å². The van der Waals surface area contributed by atoms with Gasteiger partial charge in [-0.15, -0.1) is 0 Å². The third kappa shape index (κ3) is 10.2. The van der Waals surface area contributed by atoms with Gasteiger partial charge in [-0.05, 0) is 0 Å². The molecule has 0 aliphatic rings. The highest BCUT2D eigenvalue weighted by atomic mass is 16.5. The molecule has 0 radical (unpaired) electrons. The topological polar surface area (TPSA) is 82.4 Å². The molecule has 0 aromatic carbocycles. The Hall–Kier alpha value is -0.660. The fourth-order valence-electron chi connectivity index (χ4n) is 1.34. The summed E-state index contributed by atoms with van der Waals surface area (Å²) in [6.07, 6.45) is 0.695. The first kappa shape index (κ1) is 16.3. The maximum absolute atomic E-state index is 9.64. The standard InChI is InChI=1S/C11H23NO5/c1-2-16-7-8-17-10-11(15)9-12(3-5-13)4-6-14/h2,11,13-15H,1,3-10H2. The summed E-state index contributed by atoms with van der Waals surface area (Å²) in [5, 5.41) is 27.2. The van der Waals surface area contributed by atoms with Gasteiger partial charge in [-0.25, -0.2) is 0 Å². The minimum atomic E-state index is -0.642. The predicted molar refractivity (Wildman–Crippen MR) is 63.6 cm³/mol. The number of ether oxygens (including phenoxy) is 2. The van der Waals surface area contributed by atoms with Crippen LogP contribution in [0.25, 0.3) is 0 Å². The summed E-state index contributed by atoms with van der Waals surface area (Å²) >= 11 is 0. The van der Waals surface area contributed by atoms with Crippen LogP contribution in [0.5, 0.6) is 0 Å². The quantitative estimate of drug-likeness (QED) is 0.298. The molecule has 102 valence electrons. The minimum Gasteiger partial charge on any atom is -0.499 e. The zero-order valence-electron chi connectivity index (χ0n) is 10.1. The molecule has 0 aromatic heterocycles. The molecular formula is C11H23NO5. The molecule has 0 rings (SSSR count). The SMILES string of the molecule is C=COCCOCC(O)CN(CCO)CCO. The lowest BCUT2D eigenvalue weighted by Gasteiger charge is -2.23. The van der Waals surface area contributed by atoms with Gasteiger partial charge in [0.15, 0.2) is 0 Å². The van der Waals surface area contributed by atoms with E-state index in [0.717, 1.165) is 0 Å². The van der Waals surface area contributed by atoms with Gasteiger partial charge in [0, 0.05) is 19.6 Å². The van der Waals surface area contributed by atoms with E-state index in [0.29, 0.717) is 32.8 Å². The molecule has 0 fully saturated rings. The van der Waals surface area contributed by atoms with Crippen LogP contribution in [0.15, 0.2) is 12.8 Å². The maximum Gasteiger partial charge on any atom is 0.111 e. The Morgan fingerprint density at radius 2 is 1.82 bits per heavy atom. The lowest BCUT2D eigenvalue weighted by molar-refractivity contribution is -0.000182. The lowest BCUT2D eigenvalue weighted by atomic mass is 10.3. The number of aliphatic hydroxyl groups is 3. The van der Waals surface area contributed by atoms with E-state index in [4.69, 9.17) is 19.7 Å². The number of rotatable bonds is 12. The van der Waals surface area contributed by atoms with Crippen LogP contribution in [-0.4, -0.2) is 79.0 Å². The van der Waals surface area contributed by atoms with Gasteiger partial charge in [-0.1, -0.05) is 6.58 Å². The van der Waals surface area contributed by atoms with Crippen molar-refractivity contribution < 1.29 is 24.8 Å². The first-order chi connectivity index (χ1) is 8.24. The summed E-state index contributed by atoms with van der Waals surface area (Å²) in [5.41, 5.74) is 0. The Bertz CT molecular complexity index is 173. The Kier molecular flexibility index (Phi) is 11.4. The number of aliphatic hydroxyl groups excluding tert-OH is 3. The van der Waals surface area contributed by atoms with E-state index in [1.807, 2.05) is 0 Å². The zero-order valence-corrected chi connectivity index (χ0v) is 10.1. The van der Waals surface area contributed by atoms with Gasteiger partial charge in [0.1, 0.15) is 6.61 Å². The van der Waals surface area contributed by atoms with Crippen molar-refractivity contribution in [1.29, 1.82) is 0 Å². The maximum atomic E-state index is 9.64. The monoisotopic (exact) mass is 249 g/mol. The molecule has 1 unspecified atom stereocenters. The second-order valence-corrected chi connectivity index (χ2v) is 3.51. The highest BCUT2D eigenvalue weighted by molar-refractivity contribution is 4.63. The number of nitrogens with zero attached hydrogens (tertiary/aromatic N) is 1. The van der Waals surface area contributed by atoms with Crippen molar-refractivity contribution in [3.8, 4) is 0 Å². The van der Waals surface area contributed by atoms with Crippen molar-refractivity contribution in [2.45, 2.75) is 6.10 Å². The molecule has 0 bridgehead atoms. The molecular weight excluding hydrogens is 226 g/mol. The van der Waals surface area contributed by atoms with Crippen molar-refractivity contribution in [3.63, 3.8) is 0 Å².